The van der Waals surface area contributed by atoms with E-state index in [4.69, 9.17) is 10.5 Å². The van der Waals surface area contributed by atoms with Gasteiger partial charge in [-0.1, -0.05) is 6.07 Å². The molecule has 128 valence electrons. The molecule has 5 heteroatoms. The molecule has 0 saturated carbocycles. The topological polar surface area (TPSA) is 58.8 Å². The summed E-state index contributed by atoms with van der Waals surface area (Å²) in [4.78, 5) is 16.4. The number of nitrogens with zero attached hydrogens (tertiary/aromatic N) is 2. The number of amides is 1. The molecule has 1 fully saturated rings. The lowest BCUT2D eigenvalue weighted by molar-refractivity contribution is 0.00458. The Morgan fingerprint density at radius 3 is 2.61 bits per heavy atom. The first-order chi connectivity index (χ1) is 10.7. The summed E-state index contributed by atoms with van der Waals surface area (Å²) in [5.74, 6) is 0. The number of anilines is 1. The lowest BCUT2D eigenvalue weighted by Gasteiger charge is -2.40. The highest BCUT2D eigenvalue weighted by atomic mass is 16.6. The van der Waals surface area contributed by atoms with E-state index < -0.39 is 5.60 Å². The zero-order valence-corrected chi connectivity index (χ0v) is 14.9. The highest BCUT2D eigenvalue weighted by Gasteiger charge is 2.29. The van der Waals surface area contributed by atoms with E-state index in [2.05, 4.69) is 24.8 Å². The van der Waals surface area contributed by atoms with Crippen molar-refractivity contribution < 1.29 is 9.53 Å². The average Bonchev–Trinajstić information content (AvgIpc) is 2.41. The second kappa shape index (κ2) is 6.79. The van der Waals surface area contributed by atoms with Crippen molar-refractivity contribution in [3.8, 4) is 0 Å². The summed E-state index contributed by atoms with van der Waals surface area (Å²) < 4.78 is 5.47. The molecule has 0 radical (unpaired) electrons. The van der Waals surface area contributed by atoms with Crippen LogP contribution in [0.3, 0.4) is 0 Å². The van der Waals surface area contributed by atoms with Crippen LogP contribution in [0.15, 0.2) is 18.2 Å². The molecule has 0 aliphatic carbocycles. The minimum absolute atomic E-state index is 0.215. The van der Waals surface area contributed by atoms with Gasteiger partial charge >= 0.3 is 6.09 Å². The molecule has 1 saturated heterocycles. The van der Waals surface area contributed by atoms with Gasteiger partial charge in [-0.2, -0.15) is 0 Å². The maximum Gasteiger partial charge on any atom is 0.410 e. The van der Waals surface area contributed by atoms with Crippen LogP contribution in [0.25, 0.3) is 0 Å². The number of ether oxygens (including phenoxy) is 1. The number of hydrogen-bond acceptors (Lipinski definition) is 4. The zero-order valence-electron chi connectivity index (χ0n) is 14.9. The van der Waals surface area contributed by atoms with E-state index >= 15 is 0 Å². The molecule has 0 aromatic heterocycles. The second-order valence-electron chi connectivity index (χ2n) is 7.43. The molecule has 1 amide bonds. The van der Waals surface area contributed by atoms with Crippen LogP contribution in [-0.2, 0) is 11.3 Å². The molecule has 0 spiro atoms. The van der Waals surface area contributed by atoms with E-state index in [0.29, 0.717) is 19.1 Å². The van der Waals surface area contributed by atoms with E-state index in [1.165, 1.54) is 11.1 Å². The van der Waals surface area contributed by atoms with Crippen molar-refractivity contribution in [1.82, 2.24) is 9.80 Å². The van der Waals surface area contributed by atoms with E-state index in [-0.39, 0.29) is 6.09 Å². The average molecular weight is 319 g/mol. The van der Waals surface area contributed by atoms with Gasteiger partial charge in [-0.05, 0) is 57.9 Å². The molecule has 1 aliphatic rings. The van der Waals surface area contributed by atoms with Gasteiger partial charge in [0.05, 0.1) is 0 Å². The van der Waals surface area contributed by atoms with Crippen molar-refractivity contribution in [1.29, 1.82) is 0 Å². The van der Waals surface area contributed by atoms with E-state index in [1.807, 2.05) is 37.8 Å². The van der Waals surface area contributed by atoms with E-state index in [1.54, 1.807) is 0 Å². The maximum atomic E-state index is 12.2. The SMILES string of the molecule is Cc1cc(N)ccc1CN1CCN(C(=O)OC(C)(C)C)C[C@H]1C. The normalized spacial score (nSPS) is 19.7. The largest absolute Gasteiger partial charge is 0.444 e. The molecule has 1 aliphatic heterocycles. The fourth-order valence-electron chi connectivity index (χ4n) is 2.84. The van der Waals surface area contributed by atoms with Gasteiger partial charge in [-0.15, -0.1) is 0 Å². The number of piperazine rings is 1. The molecule has 0 bridgehead atoms. The van der Waals surface area contributed by atoms with Crippen molar-refractivity contribution in [3.63, 3.8) is 0 Å². The number of carbonyl (C=O) groups is 1. The molecule has 1 aromatic rings. The number of aryl methyl sites for hydroxylation is 1. The molecule has 2 rings (SSSR count). The predicted octanol–water partition coefficient (Wildman–Crippen LogP) is 3.02. The summed E-state index contributed by atoms with van der Waals surface area (Å²) in [6.07, 6.45) is -0.215. The van der Waals surface area contributed by atoms with Gasteiger partial charge in [-0.3, -0.25) is 4.90 Å². The van der Waals surface area contributed by atoms with Crippen LogP contribution in [-0.4, -0.2) is 47.2 Å². The Morgan fingerprint density at radius 1 is 1.35 bits per heavy atom. The number of benzene rings is 1. The summed E-state index contributed by atoms with van der Waals surface area (Å²) in [5, 5.41) is 0. The third-order valence-electron chi connectivity index (χ3n) is 4.16. The van der Waals surface area contributed by atoms with Gasteiger partial charge < -0.3 is 15.4 Å². The number of rotatable bonds is 2. The summed E-state index contributed by atoms with van der Waals surface area (Å²) in [6.45, 7) is 13.1. The zero-order chi connectivity index (χ0) is 17.2. The number of carbonyl (C=O) groups excluding carboxylic acids is 1. The monoisotopic (exact) mass is 319 g/mol. The van der Waals surface area contributed by atoms with Crippen LogP contribution in [0.5, 0.6) is 0 Å². The van der Waals surface area contributed by atoms with Crippen LogP contribution in [0, 0.1) is 6.92 Å². The van der Waals surface area contributed by atoms with Gasteiger partial charge in [0.2, 0.25) is 0 Å². The van der Waals surface area contributed by atoms with Gasteiger partial charge in [0, 0.05) is 37.9 Å². The van der Waals surface area contributed by atoms with Crippen LogP contribution in [0.4, 0.5) is 10.5 Å². The van der Waals surface area contributed by atoms with Gasteiger partial charge in [0.1, 0.15) is 5.60 Å². The number of nitrogens with two attached hydrogens (primary N) is 1. The van der Waals surface area contributed by atoms with Gasteiger partial charge in [0.15, 0.2) is 0 Å². The molecule has 0 unspecified atom stereocenters. The Morgan fingerprint density at radius 2 is 2.04 bits per heavy atom. The van der Waals surface area contributed by atoms with Gasteiger partial charge in [-0.25, -0.2) is 4.79 Å². The Hall–Kier alpha value is -1.75. The molecule has 1 atom stereocenters. The molecule has 2 N–H and O–H groups in total. The minimum Gasteiger partial charge on any atom is -0.444 e. The minimum atomic E-state index is -0.446. The Balaban J connectivity index is 1.95. The Labute approximate surface area is 139 Å². The van der Waals surface area contributed by atoms with Crippen LogP contribution < -0.4 is 5.73 Å². The molecule has 5 nitrogen and oxygen atoms in total. The molecule has 23 heavy (non-hydrogen) atoms. The number of hydrogen-bond donors (Lipinski definition) is 1. The maximum absolute atomic E-state index is 12.2. The lowest BCUT2D eigenvalue weighted by atomic mass is 10.1. The molecule has 1 heterocycles. The first-order valence-electron chi connectivity index (χ1n) is 8.22. The Kier molecular flexibility index (Phi) is 5.19. The first kappa shape index (κ1) is 17.6. The third-order valence-corrected chi connectivity index (χ3v) is 4.16. The molecular weight excluding hydrogens is 290 g/mol. The standard InChI is InChI=1S/C18H29N3O2/c1-13-10-16(19)7-6-15(13)12-20-8-9-21(11-14(20)2)17(22)23-18(3,4)5/h6-7,10,14H,8-9,11-12,19H2,1-5H3/t14-/m1/s1. The number of nitrogen functional groups attached to an aromatic ring is 1. The van der Waals surface area contributed by atoms with Crippen molar-refractivity contribution in [2.45, 2.75) is 52.8 Å². The predicted molar refractivity (Wildman–Crippen MR) is 93.3 cm³/mol. The summed E-state index contributed by atoms with van der Waals surface area (Å²) in [6, 6.07) is 6.35. The smallest absolute Gasteiger partial charge is 0.410 e. The van der Waals surface area contributed by atoms with Crippen molar-refractivity contribution in [3.05, 3.63) is 29.3 Å². The third kappa shape index (κ3) is 4.86. The molecule has 1 aromatic carbocycles. The molecular formula is C18H29N3O2. The van der Waals surface area contributed by atoms with E-state index in [9.17, 15) is 4.79 Å². The van der Waals surface area contributed by atoms with Gasteiger partial charge in [0.25, 0.3) is 0 Å². The fraction of sp³-hybridized carbons (Fsp3) is 0.611. The Bertz CT molecular complexity index is 566. The first-order valence-corrected chi connectivity index (χ1v) is 8.22. The second-order valence-corrected chi connectivity index (χ2v) is 7.43. The van der Waals surface area contributed by atoms with Crippen molar-refractivity contribution in [2.75, 3.05) is 25.4 Å². The van der Waals surface area contributed by atoms with Crippen LogP contribution >= 0.6 is 0 Å². The highest BCUT2D eigenvalue weighted by molar-refractivity contribution is 5.68. The highest BCUT2D eigenvalue weighted by Crippen LogP contribution is 2.19. The van der Waals surface area contributed by atoms with Crippen molar-refractivity contribution in [2.24, 2.45) is 0 Å². The summed E-state index contributed by atoms with van der Waals surface area (Å²) in [5.41, 5.74) is 8.68. The van der Waals surface area contributed by atoms with Crippen molar-refractivity contribution >= 4 is 11.8 Å². The van der Waals surface area contributed by atoms with Crippen LogP contribution in [0.1, 0.15) is 38.8 Å². The van der Waals surface area contributed by atoms with Crippen LogP contribution in [0.2, 0.25) is 0 Å². The summed E-state index contributed by atoms with van der Waals surface area (Å²) in [7, 11) is 0. The summed E-state index contributed by atoms with van der Waals surface area (Å²) >= 11 is 0. The lowest BCUT2D eigenvalue weighted by Crippen LogP contribution is -2.54. The quantitative estimate of drug-likeness (QED) is 0.851. The van der Waals surface area contributed by atoms with E-state index in [0.717, 1.165) is 18.8 Å². The fourth-order valence-corrected chi connectivity index (χ4v) is 2.84.